The van der Waals surface area contributed by atoms with Crippen molar-refractivity contribution >= 4 is 11.7 Å². The number of amides is 1. The molecule has 146 valence electrons. The van der Waals surface area contributed by atoms with E-state index in [4.69, 9.17) is 4.52 Å². The first-order valence-corrected chi connectivity index (χ1v) is 9.31. The minimum atomic E-state index is 0.0632. The second kappa shape index (κ2) is 8.47. The lowest BCUT2D eigenvalue weighted by molar-refractivity contribution is -0.121. The van der Waals surface area contributed by atoms with E-state index in [1.807, 2.05) is 19.9 Å². The Kier molecular flexibility index (Phi) is 6.05. The molecule has 0 aromatic carbocycles. The molecule has 1 aliphatic rings. The number of carbonyl (C=O) groups is 1. The maximum absolute atomic E-state index is 12.6. The molecule has 2 aromatic rings. The van der Waals surface area contributed by atoms with E-state index in [1.165, 1.54) is 0 Å². The highest BCUT2D eigenvalue weighted by Gasteiger charge is 2.34. The van der Waals surface area contributed by atoms with Crippen molar-refractivity contribution < 1.29 is 9.32 Å². The summed E-state index contributed by atoms with van der Waals surface area (Å²) in [6.45, 7) is 6.33. The largest absolute Gasteiger partial charge is 0.361 e. The van der Waals surface area contributed by atoms with Crippen LogP contribution in [0.4, 0.5) is 5.82 Å². The molecule has 1 saturated heterocycles. The Hall–Kier alpha value is -2.48. The number of nitrogens with one attached hydrogen (secondary N) is 1. The molecule has 27 heavy (non-hydrogen) atoms. The zero-order valence-electron chi connectivity index (χ0n) is 16.5. The Bertz CT molecular complexity index is 741. The van der Waals surface area contributed by atoms with Gasteiger partial charge in [0.2, 0.25) is 5.91 Å². The molecule has 0 radical (unpaired) electrons. The van der Waals surface area contributed by atoms with E-state index in [2.05, 4.69) is 44.3 Å². The molecule has 1 aliphatic heterocycles. The first-order chi connectivity index (χ1) is 12.9. The normalized spacial score (nSPS) is 19.7. The Morgan fingerprint density at radius 1 is 1.37 bits per heavy atom. The number of nitrogens with zero attached hydrogens (tertiary/aromatic N) is 5. The van der Waals surface area contributed by atoms with Gasteiger partial charge in [-0.2, -0.15) is 0 Å². The number of aryl methyl sites for hydroxylation is 2. The van der Waals surface area contributed by atoms with Crippen LogP contribution in [-0.2, 0) is 11.2 Å². The average molecular weight is 372 g/mol. The highest BCUT2D eigenvalue weighted by atomic mass is 16.5. The third kappa shape index (κ3) is 4.82. The van der Waals surface area contributed by atoms with Gasteiger partial charge in [-0.1, -0.05) is 5.16 Å². The second-order valence-electron chi connectivity index (χ2n) is 7.47. The topological polar surface area (TPSA) is 87.4 Å². The van der Waals surface area contributed by atoms with Gasteiger partial charge >= 0.3 is 0 Å². The van der Waals surface area contributed by atoms with Crippen LogP contribution in [0.5, 0.6) is 0 Å². The van der Waals surface area contributed by atoms with Crippen LogP contribution in [0, 0.1) is 19.8 Å². The molecule has 0 bridgehead atoms. The summed E-state index contributed by atoms with van der Waals surface area (Å²) in [6.07, 6.45) is 4.39. The fraction of sp³-hybridized carbons (Fsp3) is 0.579. The van der Waals surface area contributed by atoms with Crippen molar-refractivity contribution in [2.24, 2.45) is 5.92 Å². The minimum Gasteiger partial charge on any atom is -0.361 e. The summed E-state index contributed by atoms with van der Waals surface area (Å²) in [4.78, 5) is 25.3. The third-order valence-electron chi connectivity index (χ3n) is 5.06. The number of aromatic nitrogens is 3. The lowest BCUT2D eigenvalue weighted by atomic mass is 10.0. The van der Waals surface area contributed by atoms with Crippen LogP contribution in [0.3, 0.4) is 0 Å². The molecule has 3 heterocycles. The van der Waals surface area contributed by atoms with Crippen LogP contribution in [0.15, 0.2) is 23.1 Å². The Morgan fingerprint density at radius 3 is 2.81 bits per heavy atom. The van der Waals surface area contributed by atoms with Crippen molar-refractivity contribution in [1.82, 2.24) is 25.3 Å². The monoisotopic (exact) mass is 372 g/mol. The Labute approximate surface area is 159 Å². The summed E-state index contributed by atoms with van der Waals surface area (Å²) in [5.74, 6) is 2.11. The predicted octanol–water partition coefficient (Wildman–Crippen LogP) is 1.20. The van der Waals surface area contributed by atoms with Gasteiger partial charge in [0.1, 0.15) is 17.9 Å². The van der Waals surface area contributed by atoms with E-state index < -0.39 is 0 Å². The SMILES string of the molecule is Cc1noc(C)c1CCC(=O)N[C@@H]1CN(c2ccncn2)C[C@H]1CN(C)C. The van der Waals surface area contributed by atoms with Crippen LogP contribution in [-0.4, -0.2) is 65.7 Å². The average Bonchev–Trinajstić information content (AvgIpc) is 3.17. The fourth-order valence-electron chi connectivity index (χ4n) is 3.72. The van der Waals surface area contributed by atoms with E-state index in [1.54, 1.807) is 12.5 Å². The molecule has 2 atom stereocenters. The molecule has 0 spiro atoms. The van der Waals surface area contributed by atoms with E-state index >= 15 is 0 Å². The molecule has 0 unspecified atom stereocenters. The van der Waals surface area contributed by atoms with E-state index in [9.17, 15) is 4.79 Å². The molecule has 8 nitrogen and oxygen atoms in total. The fourth-order valence-corrected chi connectivity index (χ4v) is 3.72. The second-order valence-corrected chi connectivity index (χ2v) is 7.47. The van der Waals surface area contributed by atoms with Gasteiger partial charge in [0.25, 0.3) is 0 Å². The van der Waals surface area contributed by atoms with Crippen LogP contribution < -0.4 is 10.2 Å². The van der Waals surface area contributed by atoms with Crippen molar-refractivity contribution in [2.45, 2.75) is 32.7 Å². The Balaban J connectivity index is 1.61. The van der Waals surface area contributed by atoms with Crippen molar-refractivity contribution in [3.05, 3.63) is 35.6 Å². The van der Waals surface area contributed by atoms with Crippen LogP contribution in [0.1, 0.15) is 23.4 Å². The molecule has 0 saturated carbocycles. The zero-order chi connectivity index (χ0) is 19.4. The quantitative estimate of drug-likeness (QED) is 0.781. The van der Waals surface area contributed by atoms with Gasteiger partial charge in [0.05, 0.1) is 11.7 Å². The van der Waals surface area contributed by atoms with Gasteiger partial charge in [-0.05, 0) is 40.4 Å². The number of carbonyl (C=O) groups excluding carboxylic acids is 1. The molecule has 3 rings (SSSR count). The number of hydrogen-bond acceptors (Lipinski definition) is 7. The van der Waals surface area contributed by atoms with Crippen LogP contribution >= 0.6 is 0 Å². The standard InChI is InChI=1S/C19H28N6O2/c1-13-16(14(2)27-23-13)5-6-19(26)22-17-11-25(10-15(17)9-24(3)4)18-7-8-20-12-21-18/h7-8,12,15,17H,5-6,9-11H2,1-4H3,(H,22,26)/t15-,17-/m1/s1. The molecule has 1 amide bonds. The number of rotatable bonds is 7. The molecular weight excluding hydrogens is 344 g/mol. The lowest BCUT2D eigenvalue weighted by Crippen LogP contribution is -2.43. The van der Waals surface area contributed by atoms with Crippen molar-refractivity contribution in [3.8, 4) is 0 Å². The minimum absolute atomic E-state index is 0.0632. The van der Waals surface area contributed by atoms with E-state index in [0.717, 1.165) is 42.5 Å². The summed E-state index contributed by atoms with van der Waals surface area (Å²) < 4.78 is 5.18. The number of anilines is 1. The molecule has 8 heteroatoms. The van der Waals surface area contributed by atoms with Crippen molar-refractivity contribution in [2.75, 3.05) is 38.6 Å². The highest BCUT2D eigenvalue weighted by molar-refractivity contribution is 5.76. The first-order valence-electron chi connectivity index (χ1n) is 9.31. The molecule has 2 aromatic heterocycles. The number of hydrogen-bond donors (Lipinski definition) is 1. The van der Waals surface area contributed by atoms with Crippen LogP contribution in [0.2, 0.25) is 0 Å². The predicted molar refractivity (Wildman–Crippen MR) is 103 cm³/mol. The third-order valence-corrected chi connectivity index (χ3v) is 5.06. The van der Waals surface area contributed by atoms with E-state index in [-0.39, 0.29) is 11.9 Å². The molecule has 1 fully saturated rings. The first kappa shape index (κ1) is 19.3. The zero-order valence-corrected chi connectivity index (χ0v) is 16.5. The van der Waals surface area contributed by atoms with Gasteiger partial charge in [0.15, 0.2) is 0 Å². The van der Waals surface area contributed by atoms with Gasteiger partial charge in [-0.15, -0.1) is 0 Å². The lowest BCUT2D eigenvalue weighted by Gasteiger charge is -2.22. The maximum atomic E-state index is 12.6. The summed E-state index contributed by atoms with van der Waals surface area (Å²) in [5.41, 5.74) is 1.89. The van der Waals surface area contributed by atoms with Gasteiger partial charge < -0.3 is 19.6 Å². The summed E-state index contributed by atoms with van der Waals surface area (Å²) in [5, 5.41) is 7.19. The molecule has 0 aliphatic carbocycles. The van der Waals surface area contributed by atoms with Crippen molar-refractivity contribution in [1.29, 1.82) is 0 Å². The van der Waals surface area contributed by atoms with E-state index in [0.29, 0.717) is 18.8 Å². The Morgan fingerprint density at radius 2 is 2.19 bits per heavy atom. The summed E-state index contributed by atoms with van der Waals surface area (Å²) in [7, 11) is 4.12. The smallest absolute Gasteiger partial charge is 0.220 e. The molecule has 1 N–H and O–H groups in total. The molecular formula is C19H28N6O2. The highest BCUT2D eigenvalue weighted by Crippen LogP contribution is 2.23. The van der Waals surface area contributed by atoms with Gasteiger partial charge in [-0.3, -0.25) is 4.79 Å². The van der Waals surface area contributed by atoms with Gasteiger partial charge in [-0.25, -0.2) is 9.97 Å². The maximum Gasteiger partial charge on any atom is 0.220 e. The van der Waals surface area contributed by atoms with Crippen molar-refractivity contribution in [3.63, 3.8) is 0 Å². The summed E-state index contributed by atoms with van der Waals surface area (Å²) in [6, 6.07) is 2.01. The summed E-state index contributed by atoms with van der Waals surface area (Å²) >= 11 is 0. The van der Waals surface area contributed by atoms with Crippen LogP contribution in [0.25, 0.3) is 0 Å². The van der Waals surface area contributed by atoms with Gasteiger partial charge in [0, 0.05) is 43.7 Å².